The van der Waals surface area contributed by atoms with Gasteiger partial charge in [0.15, 0.2) is 11.0 Å². The Bertz CT molecular complexity index is 1030. The maximum absolute atomic E-state index is 12.6. The maximum atomic E-state index is 12.6. The highest BCUT2D eigenvalue weighted by Gasteiger charge is 2.16. The number of carbonyl (C=O) groups excluding carboxylic acids is 1. The van der Waals surface area contributed by atoms with E-state index in [1.54, 1.807) is 0 Å². The van der Waals surface area contributed by atoms with Gasteiger partial charge < -0.3 is 5.32 Å². The van der Waals surface area contributed by atoms with E-state index < -0.39 is 0 Å². The molecule has 150 valence electrons. The minimum Gasteiger partial charge on any atom is -0.325 e. The Labute approximate surface area is 176 Å². The Morgan fingerprint density at radius 1 is 1.10 bits per heavy atom. The van der Waals surface area contributed by atoms with Gasteiger partial charge in [0.25, 0.3) is 0 Å². The fourth-order valence-corrected chi connectivity index (χ4v) is 4.12. The number of thioether (sulfide) groups is 1. The number of anilines is 1. The Balaban J connectivity index is 1.75. The van der Waals surface area contributed by atoms with Crippen molar-refractivity contribution in [3.8, 4) is 11.4 Å². The van der Waals surface area contributed by atoms with E-state index in [0.29, 0.717) is 11.7 Å². The van der Waals surface area contributed by atoms with E-state index in [9.17, 15) is 4.79 Å². The average Bonchev–Trinajstić information content (AvgIpc) is 3.06. The molecule has 0 fully saturated rings. The Morgan fingerprint density at radius 3 is 2.48 bits per heavy atom. The van der Waals surface area contributed by atoms with E-state index in [4.69, 9.17) is 0 Å². The third-order valence-electron chi connectivity index (χ3n) is 4.58. The van der Waals surface area contributed by atoms with Gasteiger partial charge in [-0.2, -0.15) is 0 Å². The molecule has 0 spiro atoms. The van der Waals surface area contributed by atoms with Gasteiger partial charge in [0.05, 0.1) is 5.75 Å². The highest BCUT2D eigenvalue weighted by atomic mass is 32.2. The van der Waals surface area contributed by atoms with Crippen LogP contribution in [0.1, 0.15) is 22.3 Å². The molecular formula is C23H26N4OS. The van der Waals surface area contributed by atoms with Gasteiger partial charge in [0.1, 0.15) is 0 Å². The molecular weight excluding hydrogens is 380 g/mol. The molecule has 5 nitrogen and oxygen atoms in total. The summed E-state index contributed by atoms with van der Waals surface area (Å²) in [7, 11) is 0. The van der Waals surface area contributed by atoms with Gasteiger partial charge in [-0.05, 0) is 44.9 Å². The van der Waals surface area contributed by atoms with Crippen LogP contribution in [0.25, 0.3) is 11.4 Å². The van der Waals surface area contributed by atoms with Gasteiger partial charge in [0, 0.05) is 17.8 Å². The first-order valence-electron chi connectivity index (χ1n) is 9.50. The van der Waals surface area contributed by atoms with Crippen molar-refractivity contribution in [2.75, 3.05) is 11.1 Å². The Morgan fingerprint density at radius 2 is 1.83 bits per heavy atom. The molecule has 0 unspecified atom stereocenters. The maximum Gasteiger partial charge on any atom is 0.234 e. The second-order valence-electron chi connectivity index (χ2n) is 7.19. The topological polar surface area (TPSA) is 59.8 Å². The quantitative estimate of drug-likeness (QED) is 0.438. The summed E-state index contributed by atoms with van der Waals surface area (Å²) in [4.78, 5) is 12.6. The van der Waals surface area contributed by atoms with Crippen molar-refractivity contribution < 1.29 is 4.79 Å². The average molecular weight is 407 g/mol. The number of hydrogen-bond donors (Lipinski definition) is 1. The van der Waals surface area contributed by atoms with Crippen LogP contribution in [-0.4, -0.2) is 26.4 Å². The summed E-state index contributed by atoms with van der Waals surface area (Å²) in [6.45, 7) is 12.5. The van der Waals surface area contributed by atoms with Crippen LogP contribution in [0.2, 0.25) is 0 Å². The fourth-order valence-electron chi connectivity index (χ4n) is 3.37. The van der Waals surface area contributed by atoms with Gasteiger partial charge in [0.2, 0.25) is 5.91 Å². The predicted molar refractivity (Wildman–Crippen MR) is 120 cm³/mol. The van der Waals surface area contributed by atoms with Crippen LogP contribution in [0, 0.1) is 27.7 Å². The zero-order valence-corrected chi connectivity index (χ0v) is 18.1. The number of nitrogens with zero attached hydrogens (tertiary/aromatic N) is 3. The number of hydrogen-bond acceptors (Lipinski definition) is 4. The zero-order valence-electron chi connectivity index (χ0n) is 17.3. The number of carbonyl (C=O) groups is 1. The summed E-state index contributed by atoms with van der Waals surface area (Å²) in [6.07, 6.45) is 1.81. The summed E-state index contributed by atoms with van der Waals surface area (Å²) in [6, 6.07) is 12.3. The standard InChI is InChI=1S/C23H26N4OS/c1-6-10-27-22(19-9-7-8-15(2)13-19)25-26-23(27)29-14-20(28)24-21-17(4)11-16(3)12-18(21)5/h6-9,11-13H,1,10,14H2,2-5H3,(H,24,28). The van der Waals surface area contributed by atoms with Crippen LogP contribution in [0.5, 0.6) is 0 Å². The number of allylic oxidation sites excluding steroid dienone is 1. The van der Waals surface area contributed by atoms with Crippen molar-refractivity contribution in [3.63, 3.8) is 0 Å². The number of aromatic nitrogens is 3. The van der Waals surface area contributed by atoms with E-state index in [0.717, 1.165) is 33.8 Å². The van der Waals surface area contributed by atoms with Gasteiger partial charge in [-0.1, -0.05) is 59.3 Å². The van der Waals surface area contributed by atoms with Gasteiger partial charge in [-0.25, -0.2) is 0 Å². The summed E-state index contributed by atoms with van der Waals surface area (Å²) >= 11 is 1.38. The largest absolute Gasteiger partial charge is 0.325 e. The van der Waals surface area contributed by atoms with Gasteiger partial charge >= 0.3 is 0 Å². The molecule has 0 aliphatic heterocycles. The minimum absolute atomic E-state index is 0.0599. The number of benzene rings is 2. The van der Waals surface area contributed by atoms with E-state index in [1.807, 2.05) is 49.6 Å². The minimum atomic E-state index is -0.0599. The van der Waals surface area contributed by atoms with Crippen LogP contribution in [-0.2, 0) is 11.3 Å². The molecule has 0 saturated heterocycles. The van der Waals surface area contributed by atoms with Crippen molar-refractivity contribution in [3.05, 3.63) is 71.3 Å². The second kappa shape index (κ2) is 9.09. The summed E-state index contributed by atoms with van der Waals surface area (Å²) in [5.74, 6) is 0.979. The molecule has 0 atom stereocenters. The van der Waals surface area contributed by atoms with E-state index in [1.165, 1.54) is 17.3 Å². The van der Waals surface area contributed by atoms with E-state index in [2.05, 4.69) is 47.2 Å². The Hall–Kier alpha value is -2.86. The molecule has 0 aliphatic carbocycles. The molecule has 1 N–H and O–H groups in total. The molecule has 0 aliphatic rings. The lowest BCUT2D eigenvalue weighted by atomic mass is 10.1. The number of nitrogens with one attached hydrogen (secondary N) is 1. The first-order valence-corrected chi connectivity index (χ1v) is 10.5. The van der Waals surface area contributed by atoms with Crippen LogP contribution in [0.4, 0.5) is 5.69 Å². The molecule has 3 rings (SSSR count). The lowest BCUT2D eigenvalue weighted by Gasteiger charge is -2.13. The molecule has 0 radical (unpaired) electrons. The molecule has 1 heterocycles. The lowest BCUT2D eigenvalue weighted by molar-refractivity contribution is -0.113. The normalized spacial score (nSPS) is 10.8. The van der Waals surface area contributed by atoms with Crippen molar-refractivity contribution in [2.45, 2.75) is 39.4 Å². The summed E-state index contributed by atoms with van der Waals surface area (Å²) in [5, 5.41) is 12.4. The first kappa shape index (κ1) is 20.9. The lowest BCUT2D eigenvalue weighted by Crippen LogP contribution is -2.16. The van der Waals surface area contributed by atoms with Crippen molar-refractivity contribution in [2.24, 2.45) is 0 Å². The third-order valence-corrected chi connectivity index (χ3v) is 5.55. The van der Waals surface area contributed by atoms with Crippen LogP contribution in [0.15, 0.2) is 54.2 Å². The SMILES string of the molecule is C=CCn1c(SCC(=O)Nc2c(C)cc(C)cc2C)nnc1-c1cccc(C)c1. The van der Waals surface area contributed by atoms with Crippen LogP contribution < -0.4 is 5.32 Å². The van der Waals surface area contributed by atoms with E-state index in [-0.39, 0.29) is 11.7 Å². The molecule has 0 saturated carbocycles. The second-order valence-corrected chi connectivity index (χ2v) is 8.13. The van der Waals surface area contributed by atoms with E-state index >= 15 is 0 Å². The highest BCUT2D eigenvalue weighted by Crippen LogP contribution is 2.26. The molecule has 2 aromatic carbocycles. The summed E-state index contributed by atoms with van der Waals surface area (Å²) in [5.41, 5.74) is 6.37. The molecule has 3 aromatic rings. The zero-order chi connectivity index (χ0) is 21.0. The Kier molecular flexibility index (Phi) is 6.54. The smallest absolute Gasteiger partial charge is 0.234 e. The van der Waals surface area contributed by atoms with Crippen LogP contribution >= 0.6 is 11.8 Å². The van der Waals surface area contributed by atoms with Crippen molar-refractivity contribution in [1.29, 1.82) is 0 Å². The summed E-state index contributed by atoms with van der Waals surface area (Å²) < 4.78 is 1.99. The molecule has 6 heteroatoms. The molecule has 1 aromatic heterocycles. The van der Waals surface area contributed by atoms with Crippen LogP contribution in [0.3, 0.4) is 0 Å². The number of amides is 1. The molecule has 0 bridgehead atoms. The third kappa shape index (κ3) is 4.95. The fraction of sp³-hybridized carbons (Fsp3) is 0.261. The number of rotatable bonds is 7. The predicted octanol–water partition coefficient (Wildman–Crippen LogP) is 5.10. The highest BCUT2D eigenvalue weighted by molar-refractivity contribution is 7.99. The van der Waals surface area contributed by atoms with Gasteiger partial charge in [-0.15, -0.1) is 16.8 Å². The molecule has 1 amide bonds. The first-order chi connectivity index (χ1) is 13.9. The monoisotopic (exact) mass is 406 g/mol. The number of aryl methyl sites for hydroxylation is 4. The van der Waals surface area contributed by atoms with Gasteiger partial charge in [-0.3, -0.25) is 9.36 Å². The van der Waals surface area contributed by atoms with Crippen molar-refractivity contribution in [1.82, 2.24) is 14.8 Å². The van der Waals surface area contributed by atoms with Crippen molar-refractivity contribution >= 4 is 23.4 Å². The molecule has 29 heavy (non-hydrogen) atoms.